The number of hydrogen-bond acceptors (Lipinski definition) is 8. The second-order valence-electron chi connectivity index (χ2n) is 17.3. The first-order valence-corrected chi connectivity index (χ1v) is 21.2. The zero-order valence-corrected chi connectivity index (χ0v) is 33.0. The van der Waals surface area contributed by atoms with Gasteiger partial charge in [-0.25, -0.2) is 9.97 Å². The molecule has 0 atom stereocenters. The van der Waals surface area contributed by atoms with Crippen LogP contribution < -0.4 is 9.80 Å². The van der Waals surface area contributed by atoms with Crippen LogP contribution in [-0.4, -0.2) is 116 Å². The van der Waals surface area contributed by atoms with Gasteiger partial charge in [-0.3, -0.25) is 9.59 Å². The molecule has 8 rings (SSSR count). The van der Waals surface area contributed by atoms with E-state index in [-0.39, 0.29) is 87.3 Å². The summed E-state index contributed by atoms with van der Waals surface area (Å²) in [5.74, 6) is 1.19. The quantitative estimate of drug-likeness (QED) is 0.260. The average Bonchev–Trinajstić information content (AvgIpc) is 4.17. The van der Waals surface area contributed by atoms with Crippen LogP contribution >= 0.6 is 0 Å². The highest BCUT2D eigenvalue weighted by Gasteiger charge is 2.57. The van der Waals surface area contributed by atoms with Crippen molar-refractivity contribution >= 4 is 23.5 Å². The second kappa shape index (κ2) is 17.1. The fourth-order valence-corrected chi connectivity index (χ4v) is 9.20. The van der Waals surface area contributed by atoms with Crippen molar-refractivity contribution in [3.05, 3.63) is 47.8 Å². The lowest BCUT2D eigenvalue weighted by Crippen LogP contribution is -2.52. The molecule has 2 aliphatic heterocycles. The minimum absolute atomic E-state index is 0.0741. The van der Waals surface area contributed by atoms with E-state index in [1.165, 1.54) is 12.8 Å². The van der Waals surface area contributed by atoms with Crippen LogP contribution in [0.1, 0.15) is 137 Å². The molecule has 0 unspecified atom stereocenters. The number of hydrogen-bond donors (Lipinski definition) is 2. The van der Waals surface area contributed by atoms with Crippen molar-refractivity contribution < 1.29 is 46.1 Å². The molecule has 16 heteroatoms. The molecule has 2 amide bonds. The Morgan fingerprint density at radius 1 is 0.534 bits per heavy atom. The third-order valence-corrected chi connectivity index (χ3v) is 13.0. The molecule has 0 aromatic carbocycles. The zero-order valence-electron chi connectivity index (χ0n) is 33.0. The Balaban J connectivity index is 0.000000177. The number of alkyl halides is 6. The van der Waals surface area contributed by atoms with Gasteiger partial charge in [0.05, 0.1) is 0 Å². The normalized spacial score (nSPS) is 28.3. The predicted molar refractivity (Wildman–Crippen MR) is 206 cm³/mol. The number of anilines is 2. The minimum Gasteiger partial charge on any atom is -0.380 e. The molecule has 10 nitrogen and oxygen atoms in total. The van der Waals surface area contributed by atoms with Gasteiger partial charge in [-0.1, -0.05) is 12.1 Å². The van der Waals surface area contributed by atoms with E-state index in [1.54, 1.807) is 21.9 Å². The van der Waals surface area contributed by atoms with Gasteiger partial charge in [0, 0.05) is 50.3 Å². The molecular formula is C42H56F6N6O4. The molecule has 0 spiro atoms. The third kappa shape index (κ3) is 9.53. The number of amides is 2. The maximum atomic E-state index is 13.3. The lowest BCUT2D eigenvalue weighted by atomic mass is 9.81. The van der Waals surface area contributed by atoms with E-state index in [1.807, 2.05) is 24.3 Å². The molecule has 0 bridgehead atoms. The molecule has 58 heavy (non-hydrogen) atoms. The second-order valence-corrected chi connectivity index (χ2v) is 17.3. The Hall–Kier alpha value is -3.66. The van der Waals surface area contributed by atoms with Crippen molar-refractivity contribution in [2.45, 2.75) is 163 Å². The lowest BCUT2D eigenvalue weighted by Gasteiger charge is -2.41. The number of aliphatic hydroxyl groups is 2. The topological polar surface area (TPSA) is 113 Å². The molecule has 2 saturated heterocycles. The molecular weight excluding hydrogens is 766 g/mol. The smallest absolute Gasteiger partial charge is 0.380 e. The Morgan fingerprint density at radius 2 is 0.845 bits per heavy atom. The van der Waals surface area contributed by atoms with Crippen LogP contribution in [0.5, 0.6) is 0 Å². The summed E-state index contributed by atoms with van der Waals surface area (Å²) in [6.45, 7) is 3.70. The number of halogens is 6. The summed E-state index contributed by atoms with van der Waals surface area (Å²) in [5.41, 5.74) is -4.55. The van der Waals surface area contributed by atoms with Crippen molar-refractivity contribution in [1.82, 2.24) is 19.8 Å². The first-order valence-electron chi connectivity index (χ1n) is 21.2. The Morgan fingerprint density at radius 3 is 1.14 bits per heavy atom. The van der Waals surface area contributed by atoms with Crippen molar-refractivity contribution in [2.24, 2.45) is 0 Å². The highest BCUT2D eigenvalue weighted by Crippen LogP contribution is 2.46. The highest BCUT2D eigenvalue weighted by molar-refractivity contribution is 5.94. The molecule has 4 heterocycles. The Bertz CT molecular complexity index is 1600. The Labute approximate surface area is 336 Å². The maximum absolute atomic E-state index is 13.3. The van der Waals surface area contributed by atoms with Crippen LogP contribution in [0.4, 0.5) is 38.0 Å². The summed E-state index contributed by atoms with van der Waals surface area (Å²) in [7, 11) is 0. The number of nitrogens with zero attached hydrogens (tertiary/aromatic N) is 6. The minimum atomic E-state index is -4.63. The van der Waals surface area contributed by atoms with E-state index in [0.717, 1.165) is 89.2 Å². The van der Waals surface area contributed by atoms with Gasteiger partial charge in [0.25, 0.3) is 11.8 Å². The van der Waals surface area contributed by atoms with Crippen LogP contribution in [-0.2, 0) is 0 Å². The SMILES string of the molecule is O=C(c1cccc(N2CCCCC2)n1)N(C1CC1)C1CCC(O)(C(F)(F)F)CC1.O=C(c1cccc(N2CCCCC2)n1)N(C1CC1)C1CCC(O)(C(F)(F)F)CC1. The zero-order chi connectivity index (χ0) is 41.3. The monoisotopic (exact) mass is 822 g/mol. The van der Waals surface area contributed by atoms with Crippen LogP contribution in [0, 0.1) is 0 Å². The fraction of sp³-hybridized carbons (Fsp3) is 0.714. The number of pyridine rings is 2. The largest absolute Gasteiger partial charge is 0.417 e. The molecule has 4 saturated carbocycles. The first kappa shape index (κ1) is 42.5. The van der Waals surface area contributed by atoms with Gasteiger partial charge in [0.15, 0.2) is 11.2 Å². The van der Waals surface area contributed by atoms with Gasteiger partial charge in [-0.2, -0.15) is 26.3 Å². The molecule has 2 aromatic heterocycles. The molecule has 2 N–H and O–H groups in total. The van der Waals surface area contributed by atoms with Gasteiger partial charge < -0.3 is 29.8 Å². The summed E-state index contributed by atoms with van der Waals surface area (Å²) in [6, 6.07) is 10.5. The van der Waals surface area contributed by atoms with Crippen molar-refractivity contribution in [3.63, 3.8) is 0 Å². The molecule has 6 fully saturated rings. The lowest BCUT2D eigenvalue weighted by molar-refractivity contribution is -0.272. The molecule has 6 aliphatic rings. The van der Waals surface area contributed by atoms with Gasteiger partial charge in [-0.05, 0) is 140 Å². The van der Waals surface area contributed by atoms with Gasteiger partial charge in [-0.15, -0.1) is 0 Å². The third-order valence-electron chi connectivity index (χ3n) is 13.0. The van der Waals surface area contributed by atoms with Crippen LogP contribution in [0.25, 0.3) is 0 Å². The van der Waals surface area contributed by atoms with E-state index < -0.39 is 23.6 Å². The summed E-state index contributed by atoms with van der Waals surface area (Å²) in [6.07, 6.45) is 0.260. The standard InChI is InChI=1S/2C21H28F3N3O2/c2*22-21(23,24)20(29)11-9-16(10-12-20)27(15-7-8-15)19(28)17-5-4-6-18(25-17)26-13-2-1-3-14-26/h2*4-6,15-16,29H,1-3,7-14H2. The highest BCUT2D eigenvalue weighted by atomic mass is 19.4. The molecule has 2 aromatic rings. The van der Waals surface area contributed by atoms with Crippen LogP contribution in [0.15, 0.2) is 36.4 Å². The van der Waals surface area contributed by atoms with E-state index in [2.05, 4.69) is 19.8 Å². The molecule has 4 aliphatic carbocycles. The predicted octanol–water partition coefficient (Wildman–Crippen LogP) is 7.83. The molecule has 320 valence electrons. The summed E-state index contributed by atoms with van der Waals surface area (Å²) in [4.78, 5) is 43.6. The van der Waals surface area contributed by atoms with Crippen LogP contribution in [0.2, 0.25) is 0 Å². The summed E-state index contributed by atoms with van der Waals surface area (Å²) in [5, 5.41) is 19.9. The first-order chi connectivity index (χ1) is 27.6. The van der Waals surface area contributed by atoms with E-state index in [9.17, 15) is 46.1 Å². The van der Waals surface area contributed by atoms with E-state index in [4.69, 9.17) is 0 Å². The number of piperidine rings is 2. The summed E-state index contributed by atoms with van der Waals surface area (Å²) < 4.78 is 78.7. The van der Waals surface area contributed by atoms with Gasteiger partial charge in [0.2, 0.25) is 0 Å². The number of aromatic nitrogens is 2. The Kier molecular flexibility index (Phi) is 12.5. The fourth-order valence-electron chi connectivity index (χ4n) is 9.20. The average molecular weight is 823 g/mol. The van der Waals surface area contributed by atoms with E-state index in [0.29, 0.717) is 11.4 Å². The van der Waals surface area contributed by atoms with Gasteiger partial charge in [0.1, 0.15) is 23.0 Å². The van der Waals surface area contributed by atoms with E-state index >= 15 is 0 Å². The number of rotatable bonds is 8. The maximum Gasteiger partial charge on any atom is 0.417 e. The van der Waals surface area contributed by atoms with Crippen molar-refractivity contribution in [2.75, 3.05) is 36.0 Å². The summed E-state index contributed by atoms with van der Waals surface area (Å²) >= 11 is 0. The molecule has 0 radical (unpaired) electrons. The van der Waals surface area contributed by atoms with Crippen molar-refractivity contribution in [3.8, 4) is 0 Å². The van der Waals surface area contributed by atoms with Crippen molar-refractivity contribution in [1.29, 1.82) is 0 Å². The van der Waals surface area contributed by atoms with Gasteiger partial charge >= 0.3 is 12.4 Å². The number of carbonyl (C=O) groups is 2. The number of carbonyl (C=O) groups excluding carboxylic acids is 2. The van der Waals surface area contributed by atoms with Crippen LogP contribution in [0.3, 0.4) is 0 Å².